The minimum Gasteiger partial charge on any atom is -0.466 e. The number of hydrogen-bond donors (Lipinski definition) is 0. The molecule has 0 aliphatic carbocycles. The summed E-state index contributed by atoms with van der Waals surface area (Å²) < 4.78 is 8.26. The van der Waals surface area contributed by atoms with E-state index in [0.29, 0.717) is 22.6 Å². The third-order valence-corrected chi connectivity index (χ3v) is 7.93. The lowest BCUT2D eigenvalue weighted by molar-refractivity contribution is -0.598. The number of hydrogen-bond acceptors (Lipinski definition) is 5. The Labute approximate surface area is 208 Å². The van der Waals surface area contributed by atoms with Crippen molar-refractivity contribution in [1.82, 2.24) is 0 Å². The van der Waals surface area contributed by atoms with E-state index in [1.165, 1.54) is 16.9 Å². The Kier molecular flexibility index (Phi) is 7.93. The van der Waals surface area contributed by atoms with Gasteiger partial charge in [-0.15, -0.1) is 23.1 Å². The van der Waals surface area contributed by atoms with Gasteiger partial charge in [-0.1, -0.05) is 66.7 Å². The summed E-state index contributed by atoms with van der Waals surface area (Å²) in [5.41, 5.74) is 3.38. The first-order chi connectivity index (χ1) is 16.6. The van der Waals surface area contributed by atoms with Gasteiger partial charge in [0.05, 0.1) is 23.5 Å². The van der Waals surface area contributed by atoms with Gasteiger partial charge in [-0.3, -0.25) is 9.59 Å². The second kappa shape index (κ2) is 11.3. The van der Waals surface area contributed by atoms with Crippen LogP contribution < -0.4 is 4.57 Å². The van der Waals surface area contributed by atoms with Crippen molar-refractivity contribution >= 4 is 34.9 Å². The SMILES string of the molecule is CCOC(=O)Cc1c(C(=O)c2ccccc2)sc(SC(C)c2ccccc2)c1-[n+]1ccccc1. The van der Waals surface area contributed by atoms with Crippen LogP contribution in [0.3, 0.4) is 0 Å². The second-order valence-corrected chi connectivity index (χ2v) is 10.3. The first kappa shape index (κ1) is 23.9. The molecular formula is C28H26NO3S2+. The van der Waals surface area contributed by atoms with Crippen molar-refractivity contribution in [2.24, 2.45) is 0 Å². The summed E-state index contributed by atoms with van der Waals surface area (Å²) in [5, 5.41) is 0.165. The van der Waals surface area contributed by atoms with Gasteiger partial charge in [0.25, 0.3) is 0 Å². The number of rotatable bonds is 9. The molecule has 0 saturated heterocycles. The molecule has 172 valence electrons. The molecule has 1 atom stereocenters. The summed E-state index contributed by atoms with van der Waals surface area (Å²) in [7, 11) is 0. The molecule has 2 aromatic heterocycles. The summed E-state index contributed by atoms with van der Waals surface area (Å²) in [6.45, 7) is 4.24. The number of benzene rings is 2. The van der Waals surface area contributed by atoms with Crippen LogP contribution in [0.5, 0.6) is 0 Å². The molecular weight excluding hydrogens is 462 g/mol. The van der Waals surface area contributed by atoms with Gasteiger partial charge < -0.3 is 4.74 Å². The molecule has 0 radical (unpaired) electrons. The molecule has 2 heterocycles. The van der Waals surface area contributed by atoms with Crippen molar-refractivity contribution in [1.29, 1.82) is 0 Å². The molecule has 0 spiro atoms. The standard InChI is InChI=1S/C28H26NO3S2/c1-3-32-24(30)19-23-25(29-17-11-6-12-18-29)28(33-20(2)21-13-7-4-8-14-21)34-27(23)26(31)22-15-9-5-10-16-22/h4-18,20H,3,19H2,1-2H3/q+1. The van der Waals surface area contributed by atoms with Crippen LogP contribution in [0.4, 0.5) is 0 Å². The summed E-state index contributed by atoms with van der Waals surface area (Å²) >= 11 is 3.15. The highest BCUT2D eigenvalue weighted by molar-refractivity contribution is 8.01. The van der Waals surface area contributed by atoms with E-state index in [1.54, 1.807) is 18.7 Å². The lowest BCUT2D eigenvalue weighted by Crippen LogP contribution is -2.31. The zero-order valence-electron chi connectivity index (χ0n) is 19.1. The monoisotopic (exact) mass is 488 g/mol. The molecule has 34 heavy (non-hydrogen) atoms. The van der Waals surface area contributed by atoms with Crippen LogP contribution in [0, 0.1) is 0 Å². The van der Waals surface area contributed by atoms with Crippen LogP contribution in [0.2, 0.25) is 0 Å². The van der Waals surface area contributed by atoms with Crippen molar-refractivity contribution < 1.29 is 18.9 Å². The number of carbonyl (C=O) groups excluding carboxylic acids is 2. The number of thiophene rings is 1. The van der Waals surface area contributed by atoms with E-state index < -0.39 is 0 Å². The van der Waals surface area contributed by atoms with Crippen molar-refractivity contribution in [2.45, 2.75) is 29.7 Å². The highest BCUT2D eigenvalue weighted by Gasteiger charge is 2.32. The molecule has 0 amide bonds. The number of carbonyl (C=O) groups is 2. The fourth-order valence-corrected chi connectivity index (χ4v) is 6.54. The van der Waals surface area contributed by atoms with Crippen LogP contribution in [0.1, 0.15) is 45.5 Å². The average Bonchev–Trinajstić information content (AvgIpc) is 3.22. The Morgan fingerprint density at radius 2 is 1.56 bits per heavy atom. The molecule has 1 unspecified atom stereocenters. The Morgan fingerprint density at radius 1 is 0.941 bits per heavy atom. The molecule has 0 N–H and O–H groups in total. The van der Waals surface area contributed by atoms with Gasteiger partial charge >= 0.3 is 5.97 Å². The van der Waals surface area contributed by atoms with Crippen LogP contribution in [-0.2, 0) is 16.0 Å². The molecule has 0 saturated carbocycles. The van der Waals surface area contributed by atoms with Gasteiger partial charge in [-0.05, 0) is 19.4 Å². The third kappa shape index (κ3) is 5.46. The zero-order valence-corrected chi connectivity index (χ0v) is 20.8. The molecule has 0 bridgehead atoms. The predicted molar refractivity (Wildman–Crippen MR) is 137 cm³/mol. The molecule has 0 fully saturated rings. The summed E-state index contributed by atoms with van der Waals surface area (Å²) in [6, 6.07) is 25.3. The highest BCUT2D eigenvalue weighted by Crippen LogP contribution is 2.44. The topological polar surface area (TPSA) is 47.3 Å². The number of aromatic nitrogens is 1. The Morgan fingerprint density at radius 3 is 2.21 bits per heavy atom. The summed E-state index contributed by atoms with van der Waals surface area (Å²) in [6.07, 6.45) is 3.94. The quantitative estimate of drug-likeness (QED) is 0.122. The van der Waals surface area contributed by atoms with E-state index in [2.05, 4.69) is 19.1 Å². The number of pyridine rings is 1. The van der Waals surface area contributed by atoms with E-state index in [9.17, 15) is 9.59 Å². The minimum absolute atomic E-state index is 0.0375. The molecule has 2 aromatic carbocycles. The molecule has 4 nitrogen and oxygen atoms in total. The maximum Gasteiger partial charge on any atom is 0.310 e. The first-order valence-corrected chi connectivity index (χ1v) is 12.9. The van der Waals surface area contributed by atoms with E-state index in [-0.39, 0.29) is 23.4 Å². The zero-order chi connectivity index (χ0) is 23.9. The van der Waals surface area contributed by atoms with Crippen molar-refractivity contribution in [3.8, 4) is 5.69 Å². The Hall–Kier alpha value is -3.22. The largest absolute Gasteiger partial charge is 0.466 e. The molecule has 0 aliphatic rings. The van der Waals surface area contributed by atoms with E-state index >= 15 is 0 Å². The first-order valence-electron chi connectivity index (χ1n) is 11.2. The van der Waals surface area contributed by atoms with Gasteiger partial charge in [0.15, 0.2) is 12.4 Å². The average molecular weight is 489 g/mol. The summed E-state index contributed by atoms with van der Waals surface area (Å²) in [4.78, 5) is 26.8. The van der Waals surface area contributed by atoms with Gasteiger partial charge in [-0.25, -0.2) is 0 Å². The second-order valence-electron chi connectivity index (χ2n) is 7.68. The Balaban J connectivity index is 1.86. The normalized spacial score (nSPS) is 11.7. The van der Waals surface area contributed by atoms with Crippen LogP contribution in [0.15, 0.2) is 95.5 Å². The van der Waals surface area contributed by atoms with Crippen molar-refractivity contribution in [2.75, 3.05) is 6.61 Å². The number of thioether (sulfide) groups is 1. The highest BCUT2D eigenvalue weighted by atomic mass is 32.2. The van der Waals surface area contributed by atoms with E-state index in [1.807, 2.05) is 83.7 Å². The van der Waals surface area contributed by atoms with Crippen molar-refractivity contribution in [3.05, 3.63) is 113 Å². The molecule has 0 aliphatic heterocycles. The molecule has 4 rings (SSSR count). The third-order valence-electron chi connectivity index (χ3n) is 5.34. The van der Waals surface area contributed by atoms with Crippen LogP contribution >= 0.6 is 23.1 Å². The van der Waals surface area contributed by atoms with Crippen LogP contribution in [0.25, 0.3) is 5.69 Å². The number of esters is 1. The molecule has 4 aromatic rings. The van der Waals surface area contributed by atoms with Crippen molar-refractivity contribution in [3.63, 3.8) is 0 Å². The fraction of sp³-hybridized carbons (Fsp3) is 0.179. The van der Waals surface area contributed by atoms with E-state index in [0.717, 1.165) is 9.90 Å². The Bertz CT molecular complexity index is 1260. The lowest BCUT2D eigenvalue weighted by Gasteiger charge is -2.10. The maximum absolute atomic E-state index is 13.6. The van der Waals surface area contributed by atoms with Gasteiger partial charge in [0.1, 0.15) is 4.21 Å². The number of ketones is 1. The minimum atomic E-state index is -0.340. The van der Waals surface area contributed by atoms with Gasteiger partial charge in [-0.2, -0.15) is 4.57 Å². The van der Waals surface area contributed by atoms with Crippen LogP contribution in [-0.4, -0.2) is 18.4 Å². The van der Waals surface area contributed by atoms with Gasteiger partial charge in [0.2, 0.25) is 11.5 Å². The maximum atomic E-state index is 13.6. The summed E-state index contributed by atoms with van der Waals surface area (Å²) in [5.74, 6) is -0.422. The fourth-order valence-electron chi connectivity index (χ4n) is 3.70. The lowest BCUT2D eigenvalue weighted by atomic mass is 10.0. The van der Waals surface area contributed by atoms with Gasteiger partial charge in [0, 0.05) is 22.9 Å². The van der Waals surface area contributed by atoms with E-state index in [4.69, 9.17) is 4.74 Å². The number of ether oxygens (including phenoxy) is 1. The number of nitrogens with zero attached hydrogens (tertiary/aromatic N) is 1. The predicted octanol–water partition coefficient (Wildman–Crippen LogP) is 6.21. The smallest absolute Gasteiger partial charge is 0.310 e. The molecule has 6 heteroatoms.